The summed E-state index contributed by atoms with van der Waals surface area (Å²) in [6.07, 6.45) is 0. The molecule has 1 rings (SSSR count). The van der Waals surface area contributed by atoms with Crippen molar-refractivity contribution in [3.05, 3.63) is 35.4 Å². The number of hydrogen-bond donors (Lipinski definition) is 1. The first-order valence-corrected chi connectivity index (χ1v) is 4.26. The van der Waals surface area contributed by atoms with Crippen LogP contribution < -0.4 is 5.48 Å². The average molecular weight is 277 g/mol. The zero-order valence-electron chi connectivity index (χ0n) is 6.50. The fourth-order valence-electron chi connectivity index (χ4n) is 0.799. The lowest BCUT2D eigenvalue weighted by atomic mass is 10.1. The van der Waals surface area contributed by atoms with E-state index in [1.165, 1.54) is 0 Å². The van der Waals surface area contributed by atoms with Gasteiger partial charge in [0.25, 0.3) is 5.91 Å². The number of hydroxylamine groups is 1. The third-order valence-electron chi connectivity index (χ3n) is 1.45. The highest BCUT2D eigenvalue weighted by Crippen LogP contribution is 2.02. The largest absolute Gasteiger partial charge is 0.275 e. The number of carbonyl (C=O) groups is 1. The van der Waals surface area contributed by atoms with Crippen LogP contribution in [0.3, 0.4) is 0 Å². The molecular weight excluding hydrogens is 269 g/mol. The number of amides is 1. The van der Waals surface area contributed by atoms with Crippen molar-refractivity contribution in [1.29, 1.82) is 0 Å². The van der Waals surface area contributed by atoms with Crippen molar-refractivity contribution >= 4 is 28.9 Å². The molecule has 0 heterocycles. The number of rotatable bonds is 2. The molecule has 0 atom stereocenters. The second-order valence-corrected chi connectivity index (χ2v) is 2.81. The molecule has 12 heavy (non-hydrogen) atoms. The van der Waals surface area contributed by atoms with Gasteiger partial charge in [-0.25, -0.2) is 8.65 Å². The Morgan fingerprint density at radius 3 is 2.50 bits per heavy atom. The Labute approximate surface area is 84.8 Å². The molecule has 4 heteroatoms. The summed E-state index contributed by atoms with van der Waals surface area (Å²) in [5.74, 6) is -0.232. The van der Waals surface area contributed by atoms with Gasteiger partial charge < -0.3 is 0 Å². The molecule has 0 unspecified atom stereocenters. The molecule has 0 saturated carbocycles. The molecule has 0 saturated heterocycles. The molecular formula is C8H8INO2. The molecule has 1 amide bonds. The fraction of sp³-hybridized carbons (Fsp3) is 0.125. The van der Waals surface area contributed by atoms with E-state index in [1.54, 1.807) is 35.1 Å². The summed E-state index contributed by atoms with van der Waals surface area (Å²) in [6, 6.07) is 7.25. The number of nitrogens with one attached hydrogen (secondary N) is 1. The molecule has 0 aromatic heterocycles. The van der Waals surface area contributed by atoms with Gasteiger partial charge in [-0.15, -0.1) is 0 Å². The van der Waals surface area contributed by atoms with E-state index < -0.39 is 0 Å². The standard InChI is InChI=1S/C8H8INO2/c1-6-2-4-7(5-3-6)8(11)10-12-9/h2-5H,1H3,(H,10,11). The zero-order valence-corrected chi connectivity index (χ0v) is 8.66. The molecule has 0 radical (unpaired) electrons. The number of hydrogen-bond acceptors (Lipinski definition) is 2. The van der Waals surface area contributed by atoms with E-state index >= 15 is 0 Å². The van der Waals surface area contributed by atoms with Crippen LogP contribution in [0, 0.1) is 6.92 Å². The predicted octanol–water partition coefficient (Wildman–Crippen LogP) is 2.01. The van der Waals surface area contributed by atoms with Gasteiger partial charge in [0.05, 0.1) is 0 Å². The topological polar surface area (TPSA) is 38.3 Å². The van der Waals surface area contributed by atoms with Gasteiger partial charge in [-0.3, -0.25) is 4.79 Å². The third kappa shape index (κ3) is 2.46. The Morgan fingerprint density at radius 1 is 1.42 bits per heavy atom. The van der Waals surface area contributed by atoms with Crippen LogP contribution in [0.4, 0.5) is 0 Å². The Hall–Kier alpha value is -0.620. The van der Waals surface area contributed by atoms with E-state index in [9.17, 15) is 4.79 Å². The van der Waals surface area contributed by atoms with Crippen molar-refractivity contribution in [1.82, 2.24) is 5.48 Å². The van der Waals surface area contributed by atoms with Gasteiger partial charge >= 0.3 is 0 Å². The highest BCUT2D eigenvalue weighted by Gasteiger charge is 2.02. The first kappa shape index (κ1) is 9.47. The van der Waals surface area contributed by atoms with Crippen molar-refractivity contribution in [3.63, 3.8) is 0 Å². The van der Waals surface area contributed by atoms with Crippen LogP contribution in [0.15, 0.2) is 24.3 Å². The van der Waals surface area contributed by atoms with Crippen molar-refractivity contribution < 1.29 is 7.96 Å². The molecule has 0 fully saturated rings. The number of halogens is 1. The summed E-state index contributed by atoms with van der Waals surface area (Å²) in [7, 11) is 0. The first-order chi connectivity index (χ1) is 5.74. The van der Waals surface area contributed by atoms with Crippen molar-refractivity contribution in [2.75, 3.05) is 0 Å². The second kappa shape index (κ2) is 4.42. The van der Waals surface area contributed by atoms with Gasteiger partial charge in [0.2, 0.25) is 0 Å². The summed E-state index contributed by atoms with van der Waals surface area (Å²) in [4.78, 5) is 11.1. The molecule has 64 valence electrons. The first-order valence-electron chi connectivity index (χ1n) is 3.38. The summed E-state index contributed by atoms with van der Waals surface area (Å²) >= 11 is 1.60. The lowest BCUT2D eigenvalue weighted by molar-refractivity contribution is 0.0829. The van der Waals surface area contributed by atoms with E-state index in [4.69, 9.17) is 0 Å². The maximum absolute atomic E-state index is 11.1. The lowest BCUT2D eigenvalue weighted by Gasteiger charge is -1.99. The summed E-state index contributed by atoms with van der Waals surface area (Å²) in [5.41, 5.74) is 3.95. The quantitative estimate of drug-likeness (QED) is 0.663. The van der Waals surface area contributed by atoms with E-state index in [2.05, 4.69) is 8.65 Å². The predicted molar refractivity (Wildman–Crippen MR) is 53.8 cm³/mol. The minimum atomic E-state index is -0.232. The maximum atomic E-state index is 11.1. The second-order valence-electron chi connectivity index (χ2n) is 2.37. The molecule has 1 aromatic carbocycles. The smallest absolute Gasteiger partial charge is 0.267 e. The zero-order chi connectivity index (χ0) is 8.97. The minimum Gasteiger partial charge on any atom is -0.267 e. The monoisotopic (exact) mass is 277 g/mol. The van der Waals surface area contributed by atoms with Crippen molar-refractivity contribution in [2.24, 2.45) is 0 Å². The third-order valence-corrected chi connectivity index (χ3v) is 1.67. The van der Waals surface area contributed by atoms with E-state index in [1.807, 2.05) is 19.1 Å². The SMILES string of the molecule is Cc1ccc(C(=O)NOI)cc1. The lowest BCUT2D eigenvalue weighted by Crippen LogP contribution is -2.19. The molecule has 0 aliphatic carbocycles. The normalized spacial score (nSPS) is 9.50. The van der Waals surface area contributed by atoms with Crippen LogP contribution in [0.2, 0.25) is 0 Å². The van der Waals surface area contributed by atoms with E-state index in [0.717, 1.165) is 5.56 Å². The van der Waals surface area contributed by atoms with Crippen LogP contribution in [0.25, 0.3) is 0 Å². The van der Waals surface area contributed by atoms with Gasteiger partial charge in [-0.2, -0.15) is 0 Å². The summed E-state index contributed by atoms with van der Waals surface area (Å²) in [5, 5.41) is 0. The molecule has 3 nitrogen and oxygen atoms in total. The molecule has 0 spiro atoms. The summed E-state index contributed by atoms with van der Waals surface area (Å²) < 4.78 is 4.46. The van der Waals surface area contributed by atoms with Gasteiger partial charge in [-0.05, 0) is 19.1 Å². The number of benzene rings is 1. The van der Waals surface area contributed by atoms with Crippen LogP contribution in [0.5, 0.6) is 0 Å². The number of carbonyl (C=O) groups excluding carboxylic acids is 1. The van der Waals surface area contributed by atoms with Crippen LogP contribution >= 0.6 is 23.0 Å². The van der Waals surface area contributed by atoms with Gasteiger partial charge in [0, 0.05) is 5.56 Å². The van der Waals surface area contributed by atoms with Crippen molar-refractivity contribution in [2.45, 2.75) is 6.92 Å². The van der Waals surface area contributed by atoms with Gasteiger partial charge in [0.1, 0.15) is 23.0 Å². The highest BCUT2D eigenvalue weighted by molar-refractivity contribution is 14.1. The van der Waals surface area contributed by atoms with Crippen molar-refractivity contribution in [3.8, 4) is 0 Å². The van der Waals surface area contributed by atoms with E-state index in [0.29, 0.717) is 5.56 Å². The Kier molecular flexibility index (Phi) is 3.48. The van der Waals surface area contributed by atoms with Crippen LogP contribution in [-0.2, 0) is 3.17 Å². The number of aryl methyl sites for hydroxylation is 1. The maximum Gasteiger partial charge on any atom is 0.275 e. The van der Waals surface area contributed by atoms with Gasteiger partial charge in [0.15, 0.2) is 0 Å². The molecule has 0 aliphatic rings. The van der Waals surface area contributed by atoms with Crippen LogP contribution in [-0.4, -0.2) is 5.91 Å². The summed E-state index contributed by atoms with van der Waals surface area (Å²) in [6.45, 7) is 1.97. The highest BCUT2D eigenvalue weighted by atomic mass is 127. The molecule has 0 bridgehead atoms. The fourth-order valence-corrected chi connectivity index (χ4v) is 0.999. The van der Waals surface area contributed by atoms with Gasteiger partial charge in [-0.1, -0.05) is 17.7 Å². The van der Waals surface area contributed by atoms with E-state index in [-0.39, 0.29) is 5.91 Å². The Balaban J connectivity index is 2.75. The van der Waals surface area contributed by atoms with Crippen LogP contribution in [0.1, 0.15) is 15.9 Å². The Morgan fingerprint density at radius 2 is 2.00 bits per heavy atom. The molecule has 1 N–H and O–H groups in total. The Bertz CT molecular complexity index is 271. The molecule has 1 aromatic rings. The average Bonchev–Trinajstić information content (AvgIpc) is 2.06. The minimum absolute atomic E-state index is 0.232. The molecule has 0 aliphatic heterocycles.